The maximum atomic E-state index is 11.9. The van der Waals surface area contributed by atoms with Crippen molar-refractivity contribution in [2.45, 2.75) is 13.3 Å². The van der Waals surface area contributed by atoms with Crippen LogP contribution in [0.4, 0.5) is 11.4 Å². The van der Waals surface area contributed by atoms with Crippen LogP contribution in [-0.2, 0) is 14.4 Å². The molecule has 0 atom stereocenters. The predicted octanol–water partition coefficient (Wildman–Crippen LogP) is 1.55. The molecule has 0 spiro atoms. The largest absolute Gasteiger partial charge is 0.497 e. The highest BCUT2D eigenvalue weighted by Gasteiger charge is 2.13. The van der Waals surface area contributed by atoms with Gasteiger partial charge in [-0.05, 0) is 43.3 Å². The molecule has 0 aliphatic heterocycles. The van der Waals surface area contributed by atoms with E-state index in [4.69, 9.17) is 4.74 Å². The molecule has 2 rings (SSSR count). The number of methoxy groups -OCH3 is 1. The Hall–Kier alpha value is -3.75. The Bertz CT molecular complexity index is 835. The SMILES string of the molecule is COc1ccc(NC(=O)C(=O)N/N=C(\C)CC(=O)Nc2cccnc2)cc1. The monoisotopic (exact) mass is 369 g/mol. The third-order valence-corrected chi connectivity index (χ3v) is 3.26. The molecule has 0 saturated carbocycles. The highest BCUT2D eigenvalue weighted by atomic mass is 16.5. The van der Waals surface area contributed by atoms with Crippen molar-refractivity contribution in [3.8, 4) is 5.75 Å². The summed E-state index contributed by atoms with van der Waals surface area (Å²) in [6, 6.07) is 9.89. The molecule has 1 aromatic carbocycles. The summed E-state index contributed by atoms with van der Waals surface area (Å²) in [5.41, 5.74) is 3.44. The van der Waals surface area contributed by atoms with E-state index in [0.29, 0.717) is 22.8 Å². The Morgan fingerprint density at radius 3 is 2.41 bits per heavy atom. The molecule has 9 heteroatoms. The van der Waals surface area contributed by atoms with Gasteiger partial charge in [-0.1, -0.05) is 0 Å². The molecule has 0 fully saturated rings. The van der Waals surface area contributed by atoms with E-state index in [0.717, 1.165) is 0 Å². The molecule has 2 aromatic rings. The van der Waals surface area contributed by atoms with Crippen molar-refractivity contribution in [1.29, 1.82) is 0 Å². The maximum Gasteiger partial charge on any atom is 0.329 e. The third kappa shape index (κ3) is 6.58. The highest BCUT2D eigenvalue weighted by molar-refractivity contribution is 6.39. The number of carbonyl (C=O) groups excluding carboxylic acids is 3. The molecule has 27 heavy (non-hydrogen) atoms. The summed E-state index contributed by atoms with van der Waals surface area (Å²) in [5.74, 6) is -1.52. The molecule has 0 saturated heterocycles. The predicted molar refractivity (Wildman–Crippen MR) is 100 cm³/mol. The van der Waals surface area contributed by atoms with Crippen molar-refractivity contribution in [3.63, 3.8) is 0 Å². The Balaban J connectivity index is 1.81. The van der Waals surface area contributed by atoms with Crippen LogP contribution in [0.1, 0.15) is 13.3 Å². The van der Waals surface area contributed by atoms with Crippen molar-refractivity contribution in [3.05, 3.63) is 48.8 Å². The molecule has 0 unspecified atom stereocenters. The number of carbonyl (C=O) groups is 3. The van der Waals surface area contributed by atoms with Gasteiger partial charge in [-0.15, -0.1) is 0 Å². The van der Waals surface area contributed by atoms with E-state index in [-0.39, 0.29) is 12.3 Å². The lowest BCUT2D eigenvalue weighted by Crippen LogP contribution is -2.33. The zero-order valence-corrected chi connectivity index (χ0v) is 14.9. The molecule has 1 heterocycles. The number of pyridine rings is 1. The summed E-state index contributed by atoms with van der Waals surface area (Å²) < 4.78 is 5.01. The number of rotatable bonds is 6. The lowest BCUT2D eigenvalue weighted by Gasteiger charge is -2.06. The fourth-order valence-corrected chi connectivity index (χ4v) is 1.97. The first-order valence-corrected chi connectivity index (χ1v) is 7.96. The van der Waals surface area contributed by atoms with Crippen LogP contribution in [0.5, 0.6) is 5.75 Å². The topological polar surface area (TPSA) is 122 Å². The molecular weight excluding hydrogens is 350 g/mol. The van der Waals surface area contributed by atoms with Crippen LogP contribution >= 0.6 is 0 Å². The average molecular weight is 369 g/mol. The number of aromatic nitrogens is 1. The van der Waals surface area contributed by atoms with Crippen molar-refractivity contribution in [2.24, 2.45) is 5.10 Å². The normalized spacial score (nSPS) is 10.7. The first-order chi connectivity index (χ1) is 13.0. The van der Waals surface area contributed by atoms with Gasteiger partial charge in [0.1, 0.15) is 5.75 Å². The van der Waals surface area contributed by atoms with Crippen molar-refractivity contribution in [1.82, 2.24) is 10.4 Å². The Morgan fingerprint density at radius 2 is 1.78 bits per heavy atom. The first-order valence-electron chi connectivity index (χ1n) is 7.96. The minimum Gasteiger partial charge on any atom is -0.497 e. The van der Waals surface area contributed by atoms with Crippen LogP contribution in [0.25, 0.3) is 0 Å². The molecule has 0 aliphatic rings. The second-order valence-electron chi connectivity index (χ2n) is 5.44. The number of benzene rings is 1. The number of nitrogens with one attached hydrogen (secondary N) is 3. The van der Waals surface area contributed by atoms with Gasteiger partial charge in [0.25, 0.3) is 0 Å². The van der Waals surface area contributed by atoms with Gasteiger partial charge < -0.3 is 15.4 Å². The van der Waals surface area contributed by atoms with Gasteiger partial charge in [0.05, 0.1) is 25.4 Å². The third-order valence-electron chi connectivity index (χ3n) is 3.26. The summed E-state index contributed by atoms with van der Waals surface area (Å²) in [7, 11) is 1.53. The van der Waals surface area contributed by atoms with Crippen LogP contribution in [0.15, 0.2) is 53.9 Å². The Kier molecular flexibility index (Phi) is 7.00. The van der Waals surface area contributed by atoms with E-state index in [1.807, 2.05) is 0 Å². The molecule has 1 aromatic heterocycles. The Labute approximate surface area is 155 Å². The number of anilines is 2. The smallest absolute Gasteiger partial charge is 0.329 e. The number of nitrogens with zero attached hydrogens (tertiary/aromatic N) is 2. The number of hydrogen-bond donors (Lipinski definition) is 3. The lowest BCUT2D eigenvalue weighted by atomic mass is 10.3. The van der Waals surface area contributed by atoms with Gasteiger partial charge in [-0.25, -0.2) is 5.43 Å². The van der Waals surface area contributed by atoms with Crippen LogP contribution in [0.2, 0.25) is 0 Å². The van der Waals surface area contributed by atoms with Crippen LogP contribution in [0, 0.1) is 0 Å². The van der Waals surface area contributed by atoms with Gasteiger partial charge in [0.2, 0.25) is 5.91 Å². The zero-order valence-electron chi connectivity index (χ0n) is 14.9. The minimum atomic E-state index is -0.946. The van der Waals surface area contributed by atoms with E-state index in [9.17, 15) is 14.4 Å². The van der Waals surface area contributed by atoms with E-state index >= 15 is 0 Å². The van der Waals surface area contributed by atoms with Gasteiger partial charge in [-0.3, -0.25) is 19.4 Å². The molecule has 0 bridgehead atoms. The van der Waals surface area contributed by atoms with Gasteiger partial charge in [0, 0.05) is 17.6 Å². The lowest BCUT2D eigenvalue weighted by molar-refractivity contribution is -0.136. The van der Waals surface area contributed by atoms with Crippen LogP contribution in [-0.4, -0.2) is 35.5 Å². The number of hydrazone groups is 1. The quantitative estimate of drug-likeness (QED) is 0.405. The van der Waals surface area contributed by atoms with Gasteiger partial charge >= 0.3 is 11.8 Å². The van der Waals surface area contributed by atoms with E-state index in [1.165, 1.54) is 13.3 Å². The Morgan fingerprint density at radius 1 is 1.04 bits per heavy atom. The van der Waals surface area contributed by atoms with Crippen LogP contribution in [0.3, 0.4) is 0 Å². The zero-order chi connectivity index (χ0) is 19.6. The van der Waals surface area contributed by atoms with Gasteiger partial charge in [-0.2, -0.15) is 5.10 Å². The summed E-state index contributed by atoms with van der Waals surface area (Å²) >= 11 is 0. The van der Waals surface area contributed by atoms with Crippen molar-refractivity contribution < 1.29 is 19.1 Å². The summed E-state index contributed by atoms with van der Waals surface area (Å²) in [6.07, 6.45) is 3.06. The van der Waals surface area contributed by atoms with Crippen molar-refractivity contribution >= 4 is 34.8 Å². The fraction of sp³-hybridized carbons (Fsp3) is 0.167. The molecule has 140 valence electrons. The number of amides is 3. The standard InChI is InChI=1S/C18H19N5O4/c1-12(10-16(24)20-14-4-3-9-19-11-14)22-23-18(26)17(25)21-13-5-7-15(27-2)8-6-13/h3-9,11H,10H2,1-2H3,(H,20,24)(H,21,25)(H,23,26)/b22-12+. The molecule has 0 aliphatic carbocycles. The maximum absolute atomic E-state index is 11.9. The molecule has 0 radical (unpaired) electrons. The van der Waals surface area contributed by atoms with Crippen molar-refractivity contribution in [2.75, 3.05) is 17.7 Å². The fourth-order valence-electron chi connectivity index (χ4n) is 1.97. The minimum absolute atomic E-state index is 0.0464. The number of ether oxygens (including phenoxy) is 1. The second kappa shape index (κ2) is 9.66. The van der Waals surface area contributed by atoms with Gasteiger partial charge in [0.15, 0.2) is 0 Å². The second-order valence-corrected chi connectivity index (χ2v) is 5.44. The summed E-state index contributed by atoms with van der Waals surface area (Å²) in [5, 5.41) is 8.82. The van der Waals surface area contributed by atoms with Crippen LogP contribution < -0.4 is 20.8 Å². The van der Waals surface area contributed by atoms with E-state index in [2.05, 4.69) is 26.1 Å². The first kappa shape index (κ1) is 19.6. The molecular formula is C18H19N5O4. The summed E-state index contributed by atoms with van der Waals surface area (Å²) in [6.45, 7) is 1.56. The highest BCUT2D eigenvalue weighted by Crippen LogP contribution is 2.14. The van der Waals surface area contributed by atoms with E-state index < -0.39 is 11.8 Å². The molecule has 3 N–H and O–H groups in total. The molecule has 3 amide bonds. The molecule has 9 nitrogen and oxygen atoms in total. The van der Waals surface area contributed by atoms with E-state index in [1.54, 1.807) is 49.5 Å². The number of hydrogen-bond acceptors (Lipinski definition) is 6. The average Bonchev–Trinajstić information content (AvgIpc) is 2.67. The summed E-state index contributed by atoms with van der Waals surface area (Å²) in [4.78, 5) is 39.4.